The number of carbonyl (C=O) groups is 1. The molecule has 0 aliphatic heterocycles. The van der Waals surface area contributed by atoms with Gasteiger partial charge in [0.25, 0.3) is 5.91 Å². The zero-order chi connectivity index (χ0) is 16.7. The van der Waals surface area contributed by atoms with Crippen LogP contribution >= 0.6 is 11.6 Å². The van der Waals surface area contributed by atoms with Gasteiger partial charge >= 0.3 is 0 Å². The monoisotopic (exact) mass is 332 g/mol. The highest BCUT2D eigenvalue weighted by Gasteiger charge is 2.04. The molecule has 0 spiro atoms. The average Bonchev–Trinajstić information content (AvgIpc) is 2.56. The minimum Gasteiger partial charge on any atom is -0.497 e. The Kier molecular flexibility index (Phi) is 6.00. The van der Waals surface area contributed by atoms with E-state index in [0.717, 1.165) is 11.3 Å². The lowest BCUT2D eigenvalue weighted by atomic mass is 10.1. The van der Waals surface area contributed by atoms with E-state index in [1.165, 1.54) is 0 Å². The van der Waals surface area contributed by atoms with Gasteiger partial charge in [-0.05, 0) is 48.9 Å². The molecule has 0 unspecified atom stereocenters. The third-order valence-electron chi connectivity index (χ3n) is 3.03. The molecule has 0 heterocycles. The molecule has 2 aromatic rings. The first-order valence-electron chi connectivity index (χ1n) is 6.95. The highest BCUT2D eigenvalue weighted by Crippen LogP contribution is 2.15. The second-order valence-electron chi connectivity index (χ2n) is 4.73. The van der Waals surface area contributed by atoms with Crippen LogP contribution in [0.3, 0.4) is 0 Å². The fourth-order valence-electron chi connectivity index (χ4n) is 1.80. The quantitative estimate of drug-likeness (QED) is 0.647. The molecular weight excluding hydrogens is 316 g/mol. The van der Waals surface area contributed by atoms with Crippen molar-refractivity contribution in [1.82, 2.24) is 0 Å². The molecule has 0 saturated heterocycles. The summed E-state index contributed by atoms with van der Waals surface area (Å²) in [6.07, 6.45) is 0. The summed E-state index contributed by atoms with van der Waals surface area (Å²) >= 11 is 5.83. The summed E-state index contributed by atoms with van der Waals surface area (Å²) in [6.45, 7) is 1.63. The summed E-state index contributed by atoms with van der Waals surface area (Å²) in [4.78, 5) is 16.9. The fourth-order valence-corrected chi connectivity index (χ4v) is 1.93. The normalized spacial score (nSPS) is 11.0. The van der Waals surface area contributed by atoms with E-state index in [1.54, 1.807) is 50.4 Å². The van der Waals surface area contributed by atoms with E-state index in [1.807, 2.05) is 12.1 Å². The van der Waals surface area contributed by atoms with E-state index >= 15 is 0 Å². The van der Waals surface area contributed by atoms with Crippen molar-refractivity contribution in [2.75, 3.05) is 19.0 Å². The first kappa shape index (κ1) is 16.8. The maximum absolute atomic E-state index is 11.8. The Morgan fingerprint density at radius 3 is 2.39 bits per heavy atom. The predicted octanol–water partition coefficient (Wildman–Crippen LogP) is 3.73. The number of benzene rings is 2. The van der Waals surface area contributed by atoms with Crippen LogP contribution in [0.5, 0.6) is 5.75 Å². The largest absolute Gasteiger partial charge is 0.497 e. The average molecular weight is 333 g/mol. The Bertz CT molecular complexity index is 682. The smallest absolute Gasteiger partial charge is 0.265 e. The van der Waals surface area contributed by atoms with Gasteiger partial charge < -0.3 is 14.9 Å². The van der Waals surface area contributed by atoms with Crippen LogP contribution in [0.25, 0.3) is 0 Å². The molecule has 0 aliphatic rings. The minimum atomic E-state index is -0.289. The van der Waals surface area contributed by atoms with E-state index in [9.17, 15) is 4.79 Å². The van der Waals surface area contributed by atoms with Gasteiger partial charge in [0, 0.05) is 10.7 Å². The molecule has 23 heavy (non-hydrogen) atoms. The summed E-state index contributed by atoms with van der Waals surface area (Å²) in [7, 11) is 1.59. The number of amides is 1. The number of rotatable bonds is 6. The number of carbonyl (C=O) groups excluding carboxylic acids is 1. The Morgan fingerprint density at radius 2 is 1.78 bits per heavy atom. The van der Waals surface area contributed by atoms with Gasteiger partial charge in [-0.3, -0.25) is 4.79 Å². The zero-order valence-electron chi connectivity index (χ0n) is 12.9. The van der Waals surface area contributed by atoms with Crippen molar-refractivity contribution in [2.24, 2.45) is 5.16 Å². The van der Waals surface area contributed by atoms with Gasteiger partial charge in [0.05, 0.1) is 12.8 Å². The molecule has 0 fully saturated rings. The van der Waals surface area contributed by atoms with Gasteiger partial charge in [0.15, 0.2) is 6.61 Å². The van der Waals surface area contributed by atoms with E-state index in [-0.39, 0.29) is 12.5 Å². The van der Waals surface area contributed by atoms with Gasteiger partial charge in [-0.1, -0.05) is 28.9 Å². The Labute approximate surface area is 139 Å². The minimum absolute atomic E-state index is 0.170. The molecule has 0 saturated carbocycles. The highest BCUT2D eigenvalue weighted by atomic mass is 35.5. The highest BCUT2D eigenvalue weighted by molar-refractivity contribution is 6.30. The maximum Gasteiger partial charge on any atom is 0.265 e. The summed E-state index contributed by atoms with van der Waals surface area (Å²) in [6, 6.07) is 14.2. The fraction of sp³-hybridized carbons (Fsp3) is 0.176. The van der Waals surface area contributed by atoms with E-state index in [4.69, 9.17) is 21.2 Å². The number of oxime groups is 1. The second-order valence-corrected chi connectivity index (χ2v) is 5.17. The number of hydrogen-bond acceptors (Lipinski definition) is 4. The predicted molar refractivity (Wildman–Crippen MR) is 91.2 cm³/mol. The molecule has 2 aromatic carbocycles. The SMILES string of the molecule is COc1ccc(NC(=O)CO/N=C(/C)c2ccc(Cl)cc2)cc1. The van der Waals surface area contributed by atoms with Gasteiger partial charge in [-0.2, -0.15) is 0 Å². The molecule has 1 amide bonds. The van der Waals surface area contributed by atoms with Crippen molar-refractivity contribution in [3.63, 3.8) is 0 Å². The van der Waals surface area contributed by atoms with E-state index in [2.05, 4.69) is 10.5 Å². The number of methoxy groups -OCH3 is 1. The van der Waals surface area contributed by atoms with E-state index < -0.39 is 0 Å². The molecule has 120 valence electrons. The van der Waals surface area contributed by atoms with Crippen molar-refractivity contribution < 1.29 is 14.4 Å². The third-order valence-corrected chi connectivity index (χ3v) is 3.28. The molecule has 6 heteroatoms. The Hall–Kier alpha value is -2.53. The third kappa shape index (κ3) is 5.30. The number of nitrogens with zero attached hydrogens (tertiary/aromatic N) is 1. The van der Waals surface area contributed by atoms with Gasteiger partial charge in [-0.25, -0.2) is 0 Å². The maximum atomic E-state index is 11.8. The first-order valence-corrected chi connectivity index (χ1v) is 7.32. The molecule has 0 aromatic heterocycles. The molecule has 0 atom stereocenters. The zero-order valence-corrected chi connectivity index (χ0v) is 13.6. The Morgan fingerprint density at radius 1 is 1.13 bits per heavy atom. The van der Waals surface area contributed by atoms with Crippen LogP contribution in [0.1, 0.15) is 12.5 Å². The van der Waals surface area contributed by atoms with Crippen molar-refractivity contribution >= 4 is 28.9 Å². The van der Waals surface area contributed by atoms with Crippen LogP contribution in [-0.2, 0) is 9.63 Å². The van der Waals surface area contributed by atoms with Crippen molar-refractivity contribution in [2.45, 2.75) is 6.92 Å². The van der Waals surface area contributed by atoms with Crippen LogP contribution in [0.4, 0.5) is 5.69 Å². The summed E-state index contributed by atoms with van der Waals surface area (Å²) in [5.41, 5.74) is 2.21. The van der Waals surface area contributed by atoms with Gasteiger partial charge in [0.2, 0.25) is 0 Å². The molecule has 0 bridgehead atoms. The number of hydrogen-bond donors (Lipinski definition) is 1. The van der Waals surface area contributed by atoms with Crippen LogP contribution < -0.4 is 10.1 Å². The Balaban J connectivity index is 1.83. The molecule has 0 aliphatic carbocycles. The summed E-state index contributed by atoms with van der Waals surface area (Å²) < 4.78 is 5.05. The molecular formula is C17H17ClN2O3. The number of halogens is 1. The molecule has 5 nitrogen and oxygen atoms in total. The lowest BCUT2D eigenvalue weighted by Gasteiger charge is -2.06. The van der Waals surface area contributed by atoms with Crippen LogP contribution in [0, 0.1) is 0 Å². The lowest BCUT2D eigenvalue weighted by molar-refractivity contribution is -0.120. The first-order chi connectivity index (χ1) is 11.1. The lowest BCUT2D eigenvalue weighted by Crippen LogP contribution is -2.17. The summed E-state index contributed by atoms with van der Waals surface area (Å²) in [5, 5.41) is 7.29. The molecule has 0 radical (unpaired) electrons. The van der Waals surface area contributed by atoms with Crippen LogP contribution in [-0.4, -0.2) is 25.3 Å². The topological polar surface area (TPSA) is 59.9 Å². The van der Waals surface area contributed by atoms with Gasteiger partial charge in [-0.15, -0.1) is 0 Å². The van der Waals surface area contributed by atoms with Crippen LogP contribution in [0.2, 0.25) is 5.02 Å². The van der Waals surface area contributed by atoms with Crippen molar-refractivity contribution in [1.29, 1.82) is 0 Å². The molecule has 2 rings (SSSR count). The van der Waals surface area contributed by atoms with Crippen LogP contribution in [0.15, 0.2) is 53.7 Å². The van der Waals surface area contributed by atoms with Crippen molar-refractivity contribution in [3.8, 4) is 5.75 Å². The molecule has 1 N–H and O–H groups in total. The van der Waals surface area contributed by atoms with E-state index in [0.29, 0.717) is 16.4 Å². The number of nitrogens with one attached hydrogen (secondary N) is 1. The number of ether oxygens (including phenoxy) is 1. The van der Waals surface area contributed by atoms with Crippen molar-refractivity contribution in [3.05, 3.63) is 59.1 Å². The van der Waals surface area contributed by atoms with Gasteiger partial charge in [0.1, 0.15) is 5.75 Å². The summed E-state index contributed by atoms with van der Waals surface area (Å²) in [5.74, 6) is 0.435. The number of anilines is 1. The second kappa shape index (κ2) is 8.19. The standard InChI is InChI=1S/C17H17ClN2O3/c1-12(13-3-5-14(18)6-4-13)20-23-11-17(21)19-15-7-9-16(22-2)10-8-15/h3-10H,11H2,1-2H3,(H,19,21)/b20-12-.